The second-order valence-corrected chi connectivity index (χ2v) is 8.07. The average molecular weight is 422 g/mol. The van der Waals surface area contributed by atoms with Crippen molar-refractivity contribution in [3.63, 3.8) is 0 Å². The van der Waals surface area contributed by atoms with E-state index in [2.05, 4.69) is 15.9 Å². The zero-order valence-corrected chi connectivity index (χ0v) is 17.8. The minimum Gasteiger partial charge on any atom is -0.423 e. The molecule has 4 rings (SSSR count). The number of nitriles is 1. The molecule has 0 saturated carbocycles. The number of nitrogens with zero attached hydrogens (tertiary/aromatic N) is 3. The van der Waals surface area contributed by atoms with Gasteiger partial charge in [-0.15, -0.1) is 0 Å². The Bertz CT molecular complexity index is 1150. The summed E-state index contributed by atoms with van der Waals surface area (Å²) in [6.07, 6.45) is 1.82. The highest BCUT2D eigenvalue weighted by Crippen LogP contribution is 2.27. The number of hydrogen-bond donors (Lipinski definition) is 0. The Labute approximate surface area is 181 Å². The monoisotopic (exact) mass is 421 g/mol. The van der Waals surface area contributed by atoms with Crippen LogP contribution >= 0.6 is 11.6 Å². The van der Waals surface area contributed by atoms with Gasteiger partial charge in [-0.1, -0.05) is 18.5 Å². The molecule has 1 saturated heterocycles. The number of rotatable bonds is 4. The molecule has 1 aromatic heterocycles. The molecule has 5 nitrogen and oxygen atoms in total. The molecule has 154 valence electrons. The molecule has 0 amide bonds. The summed E-state index contributed by atoms with van der Waals surface area (Å²) in [5, 5.41) is 10.6. The molecule has 3 aromatic rings. The van der Waals surface area contributed by atoms with E-state index in [0.29, 0.717) is 22.7 Å². The number of aryl methyl sites for hydroxylation is 1. The van der Waals surface area contributed by atoms with Gasteiger partial charge in [0.05, 0.1) is 11.6 Å². The topological polar surface area (TPSA) is 60.5 Å². The summed E-state index contributed by atoms with van der Waals surface area (Å²) in [6.45, 7) is 6.42. The standard InChI is InChI=1S/C24H24ClN3O2/c1-2-18-12-23-21(14-22(18)25)19(13-24(29)30-23)16-27-8-3-9-28(11-10-27)20-6-4-17(15-26)5-7-20/h4-7,12-14H,2-3,8-11,16H2,1H3. The fourth-order valence-electron chi connectivity index (χ4n) is 4.07. The van der Waals surface area contributed by atoms with Gasteiger partial charge in [0.1, 0.15) is 5.58 Å². The van der Waals surface area contributed by atoms with Crippen LogP contribution in [-0.4, -0.2) is 31.1 Å². The van der Waals surface area contributed by atoms with Gasteiger partial charge in [-0.2, -0.15) is 5.26 Å². The molecule has 6 heteroatoms. The van der Waals surface area contributed by atoms with E-state index in [1.54, 1.807) is 6.07 Å². The van der Waals surface area contributed by atoms with Crippen molar-refractivity contribution in [3.8, 4) is 6.07 Å². The SMILES string of the molecule is CCc1cc2oc(=O)cc(CN3CCCN(c4ccc(C#N)cc4)CC3)c2cc1Cl. The summed E-state index contributed by atoms with van der Waals surface area (Å²) in [5.74, 6) is 0. The predicted molar refractivity (Wildman–Crippen MR) is 120 cm³/mol. The highest BCUT2D eigenvalue weighted by Gasteiger charge is 2.18. The van der Waals surface area contributed by atoms with Gasteiger partial charge in [0.2, 0.25) is 0 Å². The van der Waals surface area contributed by atoms with Crippen LogP contribution in [0.2, 0.25) is 5.02 Å². The van der Waals surface area contributed by atoms with Gasteiger partial charge < -0.3 is 9.32 Å². The van der Waals surface area contributed by atoms with Crippen LogP contribution in [-0.2, 0) is 13.0 Å². The number of fused-ring (bicyclic) bond motifs is 1. The summed E-state index contributed by atoms with van der Waals surface area (Å²) < 4.78 is 5.44. The molecule has 0 aliphatic carbocycles. The highest BCUT2D eigenvalue weighted by atomic mass is 35.5. The number of halogens is 1. The van der Waals surface area contributed by atoms with E-state index in [4.69, 9.17) is 21.3 Å². The molecule has 1 aliphatic heterocycles. The van der Waals surface area contributed by atoms with Crippen molar-refractivity contribution in [3.05, 3.63) is 74.6 Å². The molecule has 0 radical (unpaired) electrons. The third kappa shape index (κ3) is 4.35. The van der Waals surface area contributed by atoms with Gasteiger partial charge in [0, 0.05) is 54.9 Å². The number of benzene rings is 2. The molecule has 0 atom stereocenters. The first-order valence-corrected chi connectivity index (χ1v) is 10.7. The van der Waals surface area contributed by atoms with E-state index in [1.807, 2.05) is 43.3 Å². The Morgan fingerprint density at radius 3 is 2.60 bits per heavy atom. The van der Waals surface area contributed by atoms with Crippen molar-refractivity contribution < 1.29 is 4.42 Å². The molecule has 1 aliphatic rings. The third-order valence-electron chi connectivity index (χ3n) is 5.72. The molecule has 2 heterocycles. The lowest BCUT2D eigenvalue weighted by molar-refractivity contribution is 0.286. The van der Waals surface area contributed by atoms with Gasteiger partial charge in [0.25, 0.3) is 0 Å². The molecule has 0 bridgehead atoms. The molecule has 0 N–H and O–H groups in total. The Balaban J connectivity index is 1.53. The summed E-state index contributed by atoms with van der Waals surface area (Å²) in [7, 11) is 0. The minimum absolute atomic E-state index is 0.323. The quantitative estimate of drug-likeness (QED) is 0.576. The largest absolute Gasteiger partial charge is 0.423 e. The lowest BCUT2D eigenvalue weighted by atomic mass is 10.1. The van der Waals surface area contributed by atoms with E-state index in [9.17, 15) is 4.79 Å². The maximum Gasteiger partial charge on any atom is 0.336 e. The molecule has 1 fully saturated rings. The Kier molecular flexibility index (Phi) is 6.08. The van der Waals surface area contributed by atoms with Crippen LogP contribution in [0.1, 0.15) is 30.0 Å². The molecule has 0 unspecified atom stereocenters. The van der Waals surface area contributed by atoms with Crippen molar-refractivity contribution in [2.45, 2.75) is 26.3 Å². The van der Waals surface area contributed by atoms with E-state index < -0.39 is 0 Å². The van der Waals surface area contributed by atoms with Crippen molar-refractivity contribution in [1.82, 2.24) is 4.90 Å². The lowest BCUT2D eigenvalue weighted by Gasteiger charge is -2.24. The van der Waals surface area contributed by atoms with Crippen LogP contribution in [0, 0.1) is 11.3 Å². The van der Waals surface area contributed by atoms with Crippen LogP contribution in [0.25, 0.3) is 11.0 Å². The minimum atomic E-state index is -0.323. The van der Waals surface area contributed by atoms with Gasteiger partial charge in [-0.05, 0) is 60.4 Å². The summed E-state index contributed by atoms with van der Waals surface area (Å²) in [6, 6.07) is 15.3. The van der Waals surface area contributed by atoms with Gasteiger partial charge in [0.15, 0.2) is 0 Å². The number of hydrogen-bond acceptors (Lipinski definition) is 5. The summed E-state index contributed by atoms with van der Waals surface area (Å²) in [5.41, 5.74) is 4.04. The smallest absolute Gasteiger partial charge is 0.336 e. The zero-order chi connectivity index (χ0) is 21.1. The molecular weight excluding hydrogens is 398 g/mol. The Hall–Kier alpha value is -2.81. The van der Waals surface area contributed by atoms with E-state index in [0.717, 1.165) is 61.2 Å². The maximum absolute atomic E-state index is 12.1. The fourth-order valence-corrected chi connectivity index (χ4v) is 4.36. The zero-order valence-electron chi connectivity index (χ0n) is 17.0. The van der Waals surface area contributed by atoms with Crippen molar-refractivity contribution in [2.24, 2.45) is 0 Å². The van der Waals surface area contributed by atoms with Crippen LogP contribution in [0.5, 0.6) is 0 Å². The van der Waals surface area contributed by atoms with Crippen LogP contribution in [0.15, 0.2) is 51.7 Å². The summed E-state index contributed by atoms with van der Waals surface area (Å²) in [4.78, 5) is 16.9. The average Bonchev–Trinajstić information content (AvgIpc) is 2.99. The number of anilines is 1. The summed E-state index contributed by atoms with van der Waals surface area (Å²) >= 11 is 6.43. The van der Waals surface area contributed by atoms with Gasteiger partial charge in [-0.25, -0.2) is 4.79 Å². The van der Waals surface area contributed by atoms with Gasteiger partial charge in [-0.3, -0.25) is 4.90 Å². The second-order valence-electron chi connectivity index (χ2n) is 7.66. The van der Waals surface area contributed by atoms with Crippen molar-refractivity contribution in [1.29, 1.82) is 5.26 Å². The molecule has 30 heavy (non-hydrogen) atoms. The molecule has 2 aromatic carbocycles. The second kappa shape index (κ2) is 8.91. The molecule has 0 spiro atoms. The van der Waals surface area contributed by atoms with Crippen LogP contribution < -0.4 is 10.5 Å². The molecular formula is C24H24ClN3O2. The van der Waals surface area contributed by atoms with Gasteiger partial charge >= 0.3 is 5.63 Å². The van der Waals surface area contributed by atoms with Crippen molar-refractivity contribution >= 4 is 28.3 Å². The first kappa shape index (κ1) is 20.5. The van der Waals surface area contributed by atoms with E-state index >= 15 is 0 Å². The first-order chi connectivity index (χ1) is 14.6. The first-order valence-electron chi connectivity index (χ1n) is 10.3. The van der Waals surface area contributed by atoms with Crippen LogP contribution in [0.4, 0.5) is 5.69 Å². The Morgan fingerprint density at radius 2 is 1.87 bits per heavy atom. The highest BCUT2D eigenvalue weighted by molar-refractivity contribution is 6.32. The lowest BCUT2D eigenvalue weighted by Crippen LogP contribution is -2.30. The van der Waals surface area contributed by atoms with Crippen LogP contribution in [0.3, 0.4) is 0 Å². The van der Waals surface area contributed by atoms with Crippen molar-refractivity contribution in [2.75, 3.05) is 31.1 Å². The van der Waals surface area contributed by atoms with E-state index in [-0.39, 0.29) is 5.63 Å². The Morgan fingerprint density at radius 1 is 1.07 bits per heavy atom. The maximum atomic E-state index is 12.1. The third-order valence-corrected chi connectivity index (χ3v) is 6.07. The predicted octanol–water partition coefficient (Wildman–Crippen LogP) is 4.59. The normalized spacial score (nSPS) is 15.2. The van der Waals surface area contributed by atoms with E-state index in [1.165, 1.54) is 0 Å². The fraction of sp³-hybridized carbons (Fsp3) is 0.333.